The molecule has 0 amide bonds. The second-order valence-electron chi connectivity index (χ2n) is 4.84. The van der Waals surface area contributed by atoms with Crippen molar-refractivity contribution >= 4 is 27.5 Å². The maximum absolute atomic E-state index is 12.7. The Hall–Kier alpha value is -2.27. The second kappa shape index (κ2) is 5.26. The Morgan fingerprint density at radius 2 is 1.86 bits per heavy atom. The highest BCUT2D eigenvalue weighted by Crippen LogP contribution is 2.27. The molecule has 1 aliphatic heterocycles. The van der Waals surface area contributed by atoms with Gasteiger partial charge in [-0.15, -0.1) is 0 Å². The third-order valence-electron chi connectivity index (χ3n) is 3.51. The molecule has 0 saturated heterocycles. The van der Waals surface area contributed by atoms with Crippen LogP contribution >= 0.6 is 0 Å². The number of rotatable bonds is 3. The second-order valence-corrected chi connectivity index (χ2v) is 6.81. The van der Waals surface area contributed by atoms with Crippen molar-refractivity contribution in [1.82, 2.24) is 0 Å². The number of hydrogen-bond acceptors (Lipinski definition) is 3. The minimum Gasteiger partial charge on any atom is -0.381 e. The molecular formula is C16H16N2O2S. The number of nitrogens with one attached hydrogen (secondary N) is 1. The zero-order valence-electron chi connectivity index (χ0n) is 11.7. The minimum atomic E-state index is -3.55. The summed E-state index contributed by atoms with van der Waals surface area (Å²) in [6.07, 6.45) is 3.91. The van der Waals surface area contributed by atoms with Crippen molar-refractivity contribution in [3.8, 4) is 0 Å². The van der Waals surface area contributed by atoms with Crippen LogP contribution in [0.1, 0.15) is 5.56 Å². The number of benzene rings is 2. The predicted molar refractivity (Wildman–Crippen MR) is 86.0 cm³/mol. The van der Waals surface area contributed by atoms with Gasteiger partial charge in [-0.1, -0.05) is 30.4 Å². The fourth-order valence-electron chi connectivity index (χ4n) is 2.29. The Morgan fingerprint density at radius 3 is 2.62 bits per heavy atom. The first-order valence-electron chi connectivity index (χ1n) is 6.67. The van der Waals surface area contributed by atoms with Gasteiger partial charge >= 0.3 is 0 Å². The topological polar surface area (TPSA) is 49.4 Å². The van der Waals surface area contributed by atoms with Crippen molar-refractivity contribution in [2.45, 2.75) is 4.90 Å². The molecule has 1 N–H and O–H groups in total. The normalized spacial score (nSPS) is 13.4. The lowest BCUT2D eigenvalue weighted by molar-refractivity contribution is 0.594. The van der Waals surface area contributed by atoms with E-state index in [1.165, 1.54) is 4.31 Å². The van der Waals surface area contributed by atoms with Crippen LogP contribution in [0.5, 0.6) is 0 Å². The molecule has 3 rings (SSSR count). The van der Waals surface area contributed by atoms with E-state index in [1.807, 2.05) is 36.4 Å². The van der Waals surface area contributed by atoms with E-state index in [4.69, 9.17) is 0 Å². The number of hydrogen-bond donors (Lipinski definition) is 1. The third kappa shape index (κ3) is 2.52. The van der Waals surface area contributed by atoms with E-state index in [1.54, 1.807) is 31.3 Å². The fourth-order valence-corrected chi connectivity index (χ4v) is 3.52. The maximum Gasteiger partial charge on any atom is 0.264 e. The summed E-state index contributed by atoms with van der Waals surface area (Å²) in [5, 5.41) is 3.21. The summed E-state index contributed by atoms with van der Waals surface area (Å²) < 4.78 is 26.7. The number of anilines is 2. The largest absolute Gasteiger partial charge is 0.381 e. The van der Waals surface area contributed by atoms with Gasteiger partial charge in [0.2, 0.25) is 0 Å². The summed E-state index contributed by atoms with van der Waals surface area (Å²) in [4.78, 5) is 0.293. The van der Waals surface area contributed by atoms with Crippen molar-refractivity contribution in [2.75, 3.05) is 23.2 Å². The van der Waals surface area contributed by atoms with Gasteiger partial charge in [0.05, 0.1) is 10.6 Å². The number of sulfonamides is 1. The predicted octanol–water partition coefficient (Wildman–Crippen LogP) is 2.95. The van der Waals surface area contributed by atoms with Crippen molar-refractivity contribution in [3.05, 3.63) is 60.2 Å². The zero-order chi connectivity index (χ0) is 14.9. The molecular weight excluding hydrogens is 284 g/mol. The highest BCUT2D eigenvalue weighted by Gasteiger charge is 2.22. The summed E-state index contributed by atoms with van der Waals surface area (Å²) in [6, 6.07) is 14.2. The number of nitrogens with zero attached hydrogens (tertiary/aromatic N) is 1. The van der Waals surface area contributed by atoms with E-state index in [0.29, 0.717) is 10.6 Å². The van der Waals surface area contributed by atoms with Crippen LogP contribution in [0.15, 0.2) is 59.5 Å². The van der Waals surface area contributed by atoms with Crippen molar-refractivity contribution in [2.24, 2.45) is 0 Å². The van der Waals surface area contributed by atoms with Crippen LogP contribution in [0.2, 0.25) is 0 Å². The first kappa shape index (κ1) is 13.7. The van der Waals surface area contributed by atoms with Crippen LogP contribution in [0.4, 0.5) is 11.4 Å². The summed E-state index contributed by atoms with van der Waals surface area (Å²) in [5.41, 5.74) is 2.49. The molecule has 4 nitrogen and oxygen atoms in total. The average Bonchev–Trinajstić information content (AvgIpc) is 2.54. The van der Waals surface area contributed by atoms with E-state index < -0.39 is 10.0 Å². The van der Waals surface area contributed by atoms with Gasteiger partial charge in [-0.3, -0.25) is 4.31 Å². The van der Waals surface area contributed by atoms with Gasteiger partial charge in [0.15, 0.2) is 0 Å². The Labute approximate surface area is 124 Å². The number of fused-ring (bicyclic) bond motifs is 1. The zero-order valence-corrected chi connectivity index (χ0v) is 12.5. The molecule has 0 aromatic heterocycles. The van der Waals surface area contributed by atoms with E-state index in [2.05, 4.69) is 5.32 Å². The molecule has 21 heavy (non-hydrogen) atoms. The van der Waals surface area contributed by atoms with Crippen molar-refractivity contribution in [1.29, 1.82) is 0 Å². The maximum atomic E-state index is 12.7. The molecule has 5 heteroatoms. The Balaban J connectivity index is 2.01. The van der Waals surface area contributed by atoms with Gasteiger partial charge in [-0.05, 0) is 35.9 Å². The lowest BCUT2D eigenvalue weighted by Gasteiger charge is -2.21. The lowest BCUT2D eigenvalue weighted by atomic mass is 10.1. The van der Waals surface area contributed by atoms with E-state index >= 15 is 0 Å². The van der Waals surface area contributed by atoms with Gasteiger partial charge in [0.1, 0.15) is 0 Å². The fraction of sp³-hybridized carbons (Fsp3) is 0.125. The Kier molecular flexibility index (Phi) is 3.43. The van der Waals surface area contributed by atoms with E-state index in [9.17, 15) is 8.42 Å². The highest BCUT2D eigenvalue weighted by atomic mass is 32.2. The molecule has 2 aromatic carbocycles. The van der Waals surface area contributed by atoms with Gasteiger partial charge in [-0.25, -0.2) is 8.42 Å². The van der Waals surface area contributed by atoms with Gasteiger partial charge in [0, 0.05) is 19.3 Å². The molecule has 0 fully saturated rings. The van der Waals surface area contributed by atoms with E-state index in [0.717, 1.165) is 17.8 Å². The van der Waals surface area contributed by atoms with Crippen molar-refractivity contribution in [3.63, 3.8) is 0 Å². The third-order valence-corrected chi connectivity index (χ3v) is 5.29. The molecule has 2 aromatic rings. The van der Waals surface area contributed by atoms with Gasteiger partial charge < -0.3 is 5.32 Å². The van der Waals surface area contributed by atoms with Crippen LogP contribution in [0.3, 0.4) is 0 Å². The van der Waals surface area contributed by atoms with Crippen LogP contribution in [0.25, 0.3) is 6.08 Å². The van der Waals surface area contributed by atoms with Crippen LogP contribution in [0, 0.1) is 0 Å². The standard InChI is InChI=1S/C16H16N2O2S/c1-18(14-7-3-2-4-8-14)21(19,20)15-9-10-16-13(12-15)6-5-11-17-16/h2-10,12,17H,11H2,1H3. The van der Waals surface area contributed by atoms with Gasteiger partial charge in [0.25, 0.3) is 10.0 Å². The average molecular weight is 300 g/mol. The Bertz CT molecular complexity index is 783. The molecule has 1 aliphatic rings. The molecule has 0 spiro atoms. The molecule has 108 valence electrons. The van der Waals surface area contributed by atoms with Crippen LogP contribution in [-0.2, 0) is 10.0 Å². The molecule has 0 unspecified atom stereocenters. The quantitative estimate of drug-likeness (QED) is 0.948. The summed E-state index contributed by atoms with van der Waals surface area (Å²) in [7, 11) is -1.99. The van der Waals surface area contributed by atoms with Crippen molar-refractivity contribution < 1.29 is 8.42 Å². The first-order valence-corrected chi connectivity index (χ1v) is 8.11. The SMILES string of the molecule is CN(c1ccccc1)S(=O)(=O)c1ccc2c(c1)C=CCN2. The number of para-hydroxylation sites is 1. The Morgan fingerprint density at radius 1 is 1.10 bits per heavy atom. The smallest absolute Gasteiger partial charge is 0.264 e. The molecule has 0 bridgehead atoms. The summed E-state index contributed by atoms with van der Waals surface area (Å²) >= 11 is 0. The van der Waals surface area contributed by atoms with E-state index in [-0.39, 0.29) is 0 Å². The van der Waals surface area contributed by atoms with Crippen LogP contribution in [-0.4, -0.2) is 22.0 Å². The molecule has 0 atom stereocenters. The highest BCUT2D eigenvalue weighted by molar-refractivity contribution is 7.92. The monoisotopic (exact) mass is 300 g/mol. The molecule has 0 aliphatic carbocycles. The van der Waals surface area contributed by atoms with Gasteiger partial charge in [-0.2, -0.15) is 0 Å². The summed E-state index contributed by atoms with van der Waals surface area (Å²) in [6.45, 7) is 0.767. The summed E-state index contributed by atoms with van der Waals surface area (Å²) in [5.74, 6) is 0. The molecule has 1 heterocycles. The molecule has 0 radical (unpaired) electrons. The van der Waals surface area contributed by atoms with Crippen LogP contribution < -0.4 is 9.62 Å². The first-order chi connectivity index (χ1) is 10.1. The lowest BCUT2D eigenvalue weighted by Crippen LogP contribution is -2.26. The molecule has 0 saturated carbocycles. The minimum absolute atomic E-state index is 0.293.